The minimum atomic E-state index is -0.930. The van der Waals surface area contributed by atoms with Gasteiger partial charge in [-0.3, -0.25) is 4.79 Å². The van der Waals surface area contributed by atoms with Gasteiger partial charge in [-0.1, -0.05) is 13.8 Å². The molecule has 0 saturated carbocycles. The third-order valence-electron chi connectivity index (χ3n) is 4.21. The normalized spacial score (nSPS) is 18.4. The average molecular weight is 300 g/mol. The van der Waals surface area contributed by atoms with Crippen molar-refractivity contribution in [2.75, 3.05) is 19.6 Å². The summed E-state index contributed by atoms with van der Waals surface area (Å²) in [5.41, 5.74) is 4.11. The molecule has 1 heterocycles. The summed E-state index contributed by atoms with van der Waals surface area (Å²) in [5, 5.41) is 14.6. The maximum Gasteiger partial charge on any atom is 0.317 e. The van der Waals surface area contributed by atoms with Crippen molar-refractivity contribution in [3.05, 3.63) is 0 Å². The first kappa shape index (κ1) is 17.1. The molecule has 1 fully saturated rings. The summed E-state index contributed by atoms with van der Waals surface area (Å²) in [6.07, 6.45) is 1.54. The van der Waals surface area contributed by atoms with Crippen LogP contribution in [0.2, 0.25) is 0 Å². The minimum Gasteiger partial charge on any atom is -0.481 e. The Morgan fingerprint density at radius 1 is 1.33 bits per heavy atom. The Kier molecular flexibility index (Phi) is 5.80. The average Bonchev–Trinajstić information content (AvgIpc) is 2.87. The molecule has 1 rings (SSSR count). The summed E-state index contributed by atoms with van der Waals surface area (Å²) < 4.78 is 0. The highest BCUT2D eigenvalue weighted by molar-refractivity contribution is 5.78. The van der Waals surface area contributed by atoms with Crippen LogP contribution in [-0.4, -0.2) is 53.7 Å². The number of carbonyl (C=O) groups is 3. The summed E-state index contributed by atoms with van der Waals surface area (Å²) in [4.78, 5) is 35.7. The molecule has 0 radical (unpaired) electrons. The van der Waals surface area contributed by atoms with Crippen LogP contribution in [0.3, 0.4) is 0 Å². The van der Waals surface area contributed by atoms with Crippen molar-refractivity contribution in [1.82, 2.24) is 15.5 Å². The second-order valence-corrected chi connectivity index (χ2v) is 5.39. The van der Waals surface area contributed by atoms with E-state index in [9.17, 15) is 19.5 Å². The first-order valence-corrected chi connectivity index (χ1v) is 7.16. The van der Waals surface area contributed by atoms with Crippen molar-refractivity contribution in [1.29, 1.82) is 0 Å². The van der Waals surface area contributed by atoms with Gasteiger partial charge in [-0.2, -0.15) is 0 Å². The molecule has 1 unspecified atom stereocenters. The van der Waals surface area contributed by atoms with Gasteiger partial charge in [0.1, 0.15) is 0 Å². The van der Waals surface area contributed by atoms with E-state index in [1.165, 1.54) is 0 Å². The first-order valence-electron chi connectivity index (χ1n) is 7.16. The van der Waals surface area contributed by atoms with Gasteiger partial charge < -0.3 is 26.4 Å². The molecular formula is C13H24N4O4. The molecule has 0 bridgehead atoms. The van der Waals surface area contributed by atoms with E-state index in [0.717, 1.165) is 0 Å². The van der Waals surface area contributed by atoms with Crippen LogP contribution >= 0.6 is 0 Å². The fourth-order valence-corrected chi connectivity index (χ4v) is 2.50. The molecule has 5 N–H and O–H groups in total. The lowest BCUT2D eigenvalue weighted by Crippen LogP contribution is -2.48. The van der Waals surface area contributed by atoms with Gasteiger partial charge in [0.05, 0.1) is 5.41 Å². The van der Waals surface area contributed by atoms with Crippen molar-refractivity contribution in [2.24, 2.45) is 11.1 Å². The lowest BCUT2D eigenvalue weighted by Gasteiger charge is -2.28. The fourth-order valence-electron chi connectivity index (χ4n) is 2.50. The van der Waals surface area contributed by atoms with Gasteiger partial charge in [-0.15, -0.1) is 0 Å². The largest absolute Gasteiger partial charge is 0.481 e. The molecule has 1 saturated heterocycles. The van der Waals surface area contributed by atoms with Gasteiger partial charge in [0.2, 0.25) is 0 Å². The number of primary amides is 1. The highest BCUT2D eigenvalue weighted by Crippen LogP contribution is 2.25. The van der Waals surface area contributed by atoms with E-state index >= 15 is 0 Å². The van der Waals surface area contributed by atoms with E-state index in [2.05, 4.69) is 10.6 Å². The van der Waals surface area contributed by atoms with Gasteiger partial charge in [0, 0.05) is 25.7 Å². The SMILES string of the molecule is CCC(CC)(CNC(=O)N1CCC(NC(N)=O)C1)C(=O)O. The molecule has 0 spiro atoms. The van der Waals surface area contributed by atoms with E-state index in [-0.39, 0.29) is 18.6 Å². The number of nitrogens with two attached hydrogens (primary N) is 1. The Morgan fingerprint density at radius 3 is 2.43 bits per heavy atom. The molecule has 0 aromatic carbocycles. The summed E-state index contributed by atoms with van der Waals surface area (Å²) in [7, 11) is 0. The Bertz CT molecular complexity index is 409. The number of rotatable bonds is 6. The molecular weight excluding hydrogens is 276 g/mol. The zero-order chi connectivity index (χ0) is 16.0. The molecule has 1 atom stereocenters. The topological polar surface area (TPSA) is 125 Å². The van der Waals surface area contributed by atoms with E-state index in [4.69, 9.17) is 5.73 Å². The Labute approximate surface area is 124 Å². The van der Waals surface area contributed by atoms with Gasteiger partial charge in [-0.05, 0) is 19.3 Å². The van der Waals surface area contributed by atoms with Crippen LogP contribution in [0.1, 0.15) is 33.1 Å². The summed E-state index contributed by atoms with van der Waals surface area (Å²) in [6.45, 7) is 4.58. The molecule has 1 aliphatic heterocycles. The number of amides is 4. The fraction of sp³-hybridized carbons (Fsp3) is 0.769. The van der Waals surface area contributed by atoms with Crippen LogP contribution in [0.15, 0.2) is 0 Å². The molecule has 120 valence electrons. The van der Waals surface area contributed by atoms with E-state index < -0.39 is 17.4 Å². The third kappa shape index (κ3) is 4.24. The second-order valence-electron chi connectivity index (χ2n) is 5.39. The number of nitrogens with one attached hydrogen (secondary N) is 2. The number of carboxylic acids is 1. The Hall–Kier alpha value is -1.99. The number of nitrogens with zero attached hydrogens (tertiary/aromatic N) is 1. The molecule has 8 nitrogen and oxygen atoms in total. The molecule has 0 aliphatic carbocycles. The van der Waals surface area contributed by atoms with Gasteiger partial charge >= 0.3 is 18.0 Å². The lowest BCUT2D eigenvalue weighted by atomic mass is 9.82. The van der Waals surface area contributed by atoms with Crippen LogP contribution in [-0.2, 0) is 4.79 Å². The maximum atomic E-state index is 12.1. The summed E-state index contributed by atoms with van der Waals surface area (Å²) in [5.74, 6) is -0.900. The summed E-state index contributed by atoms with van der Waals surface area (Å²) >= 11 is 0. The van der Waals surface area contributed by atoms with E-state index in [1.54, 1.807) is 18.7 Å². The predicted octanol–water partition coefficient (Wildman–Crippen LogP) is 0.330. The first-order chi connectivity index (χ1) is 9.84. The summed E-state index contributed by atoms with van der Waals surface area (Å²) in [6, 6.07) is -1.06. The van der Waals surface area contributed by atoms with Crippen molar-refractivity contribution in [3.63, 3.8) is 0 Å². The number of hydrogen-bond acceptors (Lipinski definition) is 3. The third-order valence-corrected chi connectivity index (χ3v) is 4.21. The minimum absolute atomic E-state index is 0.0958. The Morgan fingerprint density at radius 2 is 1.95 bits per heavy atom. The zero-order valence-corrected chi connectivity index (χ0v) is 12.5. The number of aliphatic carboxylic acids is 1. The van der Waals surface area contributed by atoms with E-state index in [0.29, 0.717) is 32.4 Å². The van der Waals surface area contributed by atoms with Crippen molar-refractivity contribution in [3.8, 4) is 0 Å². The van der Waals surface area contributed by atoms with Crippen LogP contribution < -0.4 is 16.4 Å². The number of hydrogen-bond donors (Lipinski definition) is 4. The maximum absolute atomic E-state index is 12.1. The van der Waals surface area contributed by atoms with Gasteiger partial charge in [0.25, 0.3) is 0 Å². The van der Waals surface area contributed by atoms with Crippen molar-refractivity contribution in [2.45, 2.75) is 39.2 Å². The van der Waals surface area contributed by atoms with E-state index in [1.807, 2.05) is 0 Å². The monoisotopic (exact) mass is 300 g/mol. The number of carboxylic acid groups (broad SMARTS) is 1. The van der Waals surface area contributed by atoms with Gasteiger partial charge in [0.15, 0.2) is 0 Å². The predicted molar refractivity (Wildman–Crippen MR) is 76.7 cm³/mol. The van der Waals surface area contributed by atoms with Crippen LogP contribution in [0.4, 0.5) is 9.59 Å². The van der Waals surface area contributed by atoms with Crippen molar-refractivity contribution < 1.29 is 19.5 Å². The zero-order valence-electron chi connectivity index (χ0n) is 12.5. The smallest absolute Gasteiger partial charge is 0.317 e. The number of urea groups is 2. The molecule has 8 heteroatoms. The number of carbonyl (C=O) groups excluding carboxylic acids is 2. The quantitative estimate of drug-likeness (QED) is 0.564. The van der Waals surface area contributed by atoms with Crippen molar-refractivity contribution >= 4 is 18.0 Å². The van der Waals surface area contributed by atoms with Gasteiger partial charge in [-0.25, -0.2) is 9.59 Å². The molecule has 21 heavy (non-hydrogen) atoms. The Balaban J connectivity index is 2.51. The van der Waals surface area contributed by atoms with Crippen LogP contribution in [0, 0.1) is 5.41 Å². The molecule has 4 amide bonds. The lowest BCUT2D eigenvalue weighted by molar-refractivity contribution is -0.149. The van der Waals surface area contributed by atoms with Crippen LogP contribution in [0.25, 0.3) is 0 Å². The van der Waals surface area contributed by atoms with Crippen LogP contribution in [0.5, 0.6) is 0 Å². The second kappa shape index (κ2) is 7.14. The standard InChI is InChI=1S/C13H24N4O4/c1-3-13(4-2,10(18)19)8-15-12(21)17-6-5-9(7-17)16-11(14)20/h9H,3-8H2,1-2H3,(H,15,21)(H,18,19)(H3,14,16,20). The highest BCUT2D eigenvalue weighted by atomic mass is 16.4. The molecule has 0 aromatic rings. The number of likely N-dealkylation sites (tertiary alicyclic amines) is 1. The molecule has 0 aromatic heterocycles. The molecule has 1 aliphatic rings. The highest BCUT2D eigenvalue weighted by Gasteiger charge is 2.36.